The summed E-state index contributed by atoms with van der Waals surface area (Å²) in [7, 11) is 0. The molecule has 0 atom stereocenters. The third-order valence-electron chi connectivity index (χ3n) is 7.85. The number of fused-ring (bicyclic) bond motifs is 2. The molecule has 0 unspecified atom stereocenters. The molecule has 0 saturated heterocycles. The number of nitrogens with one attached hydrogen (secondary N) is 2. The van der Waals surface area contributed by atoms with Crippen LogP contribution in [-0.2, 0) is 0 Å². The van der Waals surface area contributed by atoms with Gasteiger partial charge >= 0.3 is 0 Å². The SMILES string of the molecule is Cc1c(-c2[nH]c3cnc(C4CCC(NCC(C)(C)C)CC4)c(F)c3c2C(C)C)cn2ncnc2c1C. The summed E-state index contributed by atoms with van der Waals surface area (Å²) in [6, 6.07) is 0.510. The van der Waals surface area contributed by atoms with E-state index in [1.165, 1.54) is 0 Å². The van der Waals surface area contributed by atoms with Crippen molar-refractivity contribution in [3.05, 3.63) is 46.9 Å². The molecule has 2 N–H and O–H groups in total. The van der Waals surface area contributed by atoms with Gasteiger partial charge in [0.25, 0.3) is 0 Å². The Morgan fingerprint density at radius 3 is 2.50 bits per heavy atom. The summed E-state index contributed by atoms with van der Waals surface area (Å²) < 4.78 is 18.1. The summed E-state index contributed by atoms with van der Waals surface area (Å²) in [5.74, 6) is 0.152. The third-order valence-corrected chi connectivity index (χ3v) is 7.85. The molecule has 5 rings (SSSR count). The molecule has 192 valence electrons. The molecule has 1 aliphatic rings. The van der Waals surface area contributed by atoms with Crippen molar-refractivity contribution in [1.82, 2.24) is 29.9 Å². The predicted octanol–water partition coefficient (Wildman–Crippen LogP) is 6.81. The minimum absolute atomic E-state index is 0.141. The Bertz CT molecular complexity index is 1400. The smallest absolute Gasteiger partial charge is 0.158 e. The first-order valence-corrected chi connectivity index (χ1v) is 13.3. The molecule has 4 aromatic rings. The fourth-order valence-electron chi connectivity index (χ4n) is 5.74. The van der Waals surface area contributed by atoms with Crippen molar-refractivity contribution in [2.75, 3.05) is 6.54 Å². The molecule has 0 spiro atoms. The molecule has 0 amide bonds. The second kappa shape index (κ2) is 9.25. The van der Waals surface area contributed by atoms with Crippen LogP contribution < -0.4 is 5.32 Å². The lowest BCUT2D eigenvalue weighted by molar-refractivity contribution is 0.290. The number of halogens is 1. The summed E-state index contributed by atoms with van der Waals surface area (Å²) in [6.45, 7) is 16.2. The van der Waals surface area contributed by atoms with Crippen LogP contribution in [0.15, 0.2) is 18.7 Å². The van der Waals surface area contributed by atoms with Crippen molar-refractivity contribution < 1.29 is 4.39 Å². The molecule has 1 aliphatic carbocycles. The van der Waals surface area contributed by atoms with E-state index in [1.54, 1.807) is 10.8 Å². The van der Waals surface area contributed by atoms with Crippen LogP contribution in [0.4, 0.5) is 4.39 Å². The Morgan fingerprint density at radius 2 is 1.83 bits per heavy atom. The number of hydrogen-bond donors (Lipinski definition) is 2. The summed E-state index contributed by atoms with van der Waals surface area (Å²) in [5.41, 5.74) is 7.69. The minimum atomic E-state index is -0.152. The Morgan fingerprint density at radius 1 is 1.11 bits per heavy atom. The lowest BCUT2D eigenvalue weighted by Gasteiger charge is -2.31. The third kappa shape index (κ3) is 4.42. The van der Waals surface area contributed by atoms with Gasteiger partial charge in [0.1, 0.15) is 6.33 Å². The van der Waals surface area contributed by atoms with Crippen molar-refractivity contribution in [1.29, 1.82) is 0 Å². The van der Waals surface area contributed by atoms with Gasteiger partial charge in [0.2, 0.25) is 0 Å². The molecule has 7 heteroatoms. The molecule has 0 bridgehead atoms. The standard InChI is InChI=1S/C29H39FN6/c1-16(2)23-24-22(35-27(23)21-13-36-28(33-15-34-36)18(4)17(21)3)12-31-26(25(24)30)19-8-10-20(11-9-19)32-14-29(5,6)7/h12-13,15-16,19-20,32,35H,8-11,14H2,1-7H3. The number of nitrogens with zero attached hydrogens (tertiary/aromatic N) is 4. The predicted molar refractivity (Wildman–Crippen MR) is 144 cm³/mol. The van der Waals surface area contributed by atoms with Crippen molar-refractivity contribution >= 4 is 16.6 Å². The maximum Gasteiger partial charge on any atom is 0.158 e. The fraction of sp³-hybridized carbons (Fsp3) is 0.552. The first kappa shape index (κ1) is 24.9. The van der Waals surface area contributed by atoms with Crippen molar-refractivity contribution in [2.45, 2.75) is 92.0 Å². The number of hydrogen-bond acceptors (Lipinski definition) is 4. The minimum Gasteiger partial charge on any atom is -0.353 e. The van der Waals surface area contributed by atoms with Crippen LogP contribution in [0.25, 0.3) is 27.8 Å². The van der Waals surface area contributed by atoms with Crippen LogP contribution in [0.3, 0.4) is 0 Å². The first-order valence-electron chi connectivity index (χ1n) is 13.3. The average Bonchev–Trinajstić information content (AvgIpc) is 3.45. The number of aromatic amines is 1. The second-order valence-corrected chi connectivity index (χ2v) is 12.1. The number of pyridine rings is 2. The normalized spacial score (nSPS) is 19.1. The largest absolute Gasteiger partial charge is 0.353 e. The zero-order valence-corrected chi connectivity index (χ0v) is 22.7. The van der Waals surface area contributed by atoms with Crippen molar-refractivity contribution in [3.63, 3.8) is 0 Å². The zero-order valence-electron chi connectivity index (χ0n) is 22.7. The second-order valence-electron chi connectivity index (χ2n) is 12.1. The van der Waals surface area contributed by atoms with E-state index in [0.717, 1.165) is 71.3 Å². The summed E-state index contributed by atoms with van der Waals surface area (Å²) in [4.78, 5) is 12.6. The molecule has 4 heterocycles. The van der Waals surface area contributed by atoms with E-state index in [1.807, 2.05) is 12.4 Å². The van der Waals surface area contributed by atoms with Gasteiger partial charge < -0.3 is 10.3 Å². The summed E-state index contributed by atoms with van der Waals surface area (Å²) in [5, 5.41) is 8.76. The average molecular weight is 491 g/mol. The van der Waals surface area contributed by atoms with Crippen molar-refractivity contribution in [3.8, 4) is 11.3 Å². The number of H-pyrrole nitrogens is 1. The highest BCUT2D eigenvalue weighted by Crippen LogP contribution is 2.41. The first-order chi connectivity index (χ1) is 17.0. The van der Waals surface area contributed by atoms with Gasteiger partial charge in [0, 0.05) is 35.7 Å². The molecule has 4 aromatic heterocycles. The lowest BCUT2D eigenvalue weighted by Crippen LogP contribution is -2.38. The van der Waals surface area contributed by atoms with Crippen LogP contribution >= 0.6 is 0 Å². The van der Waals surface area contributed by atoms with E-state index in [0.29, 0.717) is 17.1 Å². The Balaban J connectivity index is 1.52. The van der Waals surface area contributed by atoms with E-state index in [-0.39, 0.29) is 23.1 Å². The number of aromatic nitrogens is 5. The fourth-order valence-corrected chi connectivity index (χ4v) is 5.74. The molecular formula is C29H39FN6. The Labute approximate surface area is 213 Å². The molecule has 1 fully saturated rings. The van der Waals surface area contributed by atoms with Crippen LogP contribution in [0, 0.1) is 25.1 Å². The molecule has 0 radical (unpaired) electrons. The Kier molecular flexibility index (Phi) is 6.39. The molecule has 36 heavy (non-hydrogen) atoms. The van der Waals surface area contributed by atoms with Gasteiger partial charge in [-0.05, 0) is 67.6 Å². The molecule has 0 aromatic carbocycles. The molecular weight excluding hydrogens is 451 g/mol. The summed E-state index contributed by atoms with van der Waals surface area (Å²) >= 11 is 0. The van der Waals surface area contributed by atoms with E-state index in [2.05, 4.69) is 73.8 Å². The van der Waals surface area contributed by atoms with Gasteiger partial charge in [-0.1, -0.05) is 34.6 Å². The van der Waals surface area contributed by atoms with Crippen LogP contribution in [0.5, 0.6) is 0 Å². The monoisotopic (exact) mass is 490 g/mol. The zero-order chi connectivity index (χ0) is 25.8. The van der Waals surface area contributed by atoms with E-state index in [9.17, 15) is 0 Å². The van der Waals surface area contributed by atoms with Crippen LogP contribution in [0.1, 0.15) is 94.5 Å². The Hall–Kier alpha value is -2.80. The van der Waals surface area contributed by atoms with Gasteiger partial charge in [-0.15, -0.1) is 0 Å². The van der Waals surface area contributed by atoms with E-state index in [4.69, 9.17) is 0 Å². The highest BCUT2D eigenvalue weighted by molar-refractivity contribution is 5.92. The van der Waals surface area contributed by atoms with Crippen molar-refractivity contribution in [2.24, 2.45) is 5.41 Å². The topological polar surface area (TPSA) is 70.9 Å². The van der Waals surface area contributed by atoms with E-state index < -0.39 is 0 Å². The molecule has 0 aliphatic heterocycles. The van der Waals surface area contributed by atoms with Crippen LogP contribution in [0.2, 0.25) is 0 Å². The van der Waals surface area contributed by atoms with Gasteiger partial charge in [-0.3, -0.25) is 4.98 Å². The number of rotatable bonds is 5. The van der Waals surface area contributed by atoms with Gasteiger partial charge in [0.15, 0.2) is 11.5 Å². The lowest BCUT2D eigenvalue weighted by atomic mass is 9.82. The van der Waals surface area contributed by atoms with E-state index >= 15 is 4.39 Å². The van der Waals surface area contributed by atoms with Crippen LogP contribution in [-0.4, -0.2) is 37.2 Å². The maximum absolute atomic E-state index is 16.3. The highest BCUT2D eigenvalue weighted by Gasteiger charge is 2.29. The molecule has 1 saturated carbocycles. The summed E-state index contributed by atoms with van der Waals surface area (Å²) in [6.07, 6.45) is 9.46. The maximum atomic E-state index is 16.3. The highest BCUT2D eigenvalue weighted by atomic mass is 19.1. The van der Waals surface area contributed by atoms with Gasteiger partial charge in [-0.25, -0.2) is 13.9 Å². The number of aryl methyl sites for hydroxylation is 1. The quantitative estimate of drug-likeness (QED) is 0.322. The molecule has 6 nitrogen and oxygen atoms in total. The van der Waals surface area contributed by atoms with Gasteiger partial charge in [0.05, 0.1) is 23.1 Å². The van der Waals surface area contributed by atoms with Gasteiger partial charge in [-0.2, -0.15) is 5.10 Å².